The van der Waals surface area contributed by atoms with Gasteiger partial charge in [0.2, 0.25) is 0 Å². The molecule has 0 aliphatic heterocycles. The summed E-state index contributed by atoms with van der Waals surface area (Å²) in [6, 6.07) is 7.93. The van der Waals surface area contributed by atoms with Crippen LogP contribution in [0.15, 0.2) is 30.3 Å². The van der Waals surface area contributed by atoms with E-state index >= 15 is 0 Å². The van der Waals surface area contributed by atoms with Gasteiger partial charge in [0.15, 0.2) is 0 Å². The van der Waals surface area contributed by atoms with Crippen molar-refractivity contribution in [1.29, 1.82) is 0 Å². The normalized spacial score (nSPS) is 17.3. The molecular formula is C16H23F2NO. The van der Waals surface area contributed by atoms with E-state index in [0.29, 0.717) is 19.3 Å². The van der Waals surface area contributed by atoms with E-state index in [1.165, 1.54) is 31.4 Å². The summed E-state index contributed by atoms with van der Waals surface area (Å²) < 4.78 is 33.4. The van der Waals surface area contributed by atoms with Crippen LogP contribution >= 0.6 is 0 Å². The average Bonchev–Trinajstić information content (AvgIpc) is 2.49. The number of hydrogen-bond donors (Lipinski definition) is 1. The van der Waals surface area contributed by atoms with Crippen molar-refractivity contribution in [2.24, 2.45) is 0 Å². The van der Waals surface area contributed by atoms with Crippen molar-refractivity contribution >= 4 is 0 Å². The average molecular weight is 283 g/mol. The van der Waals surface area contributed by atoms with Gasteiger partial charge in [0.25, 0.3) is 5.92 Å². The summed E-state index contributed by atoms with van der Waals surface area (Å²) in [7, 11) is 0. The number of rotatable bonds is 7. The molecule has 1 aromatic carbocycles. The van der Waals surface area contributed by atoms with Crippen LogP contribution in [0.3, 0.4) is 0 Å². The third-order valence-electron chi connectivity index (χ3n) is 3.73. The second-order valence-corrected chi connectivity index (χ2v) is 5.38. The lowest BCUT2D eigenvalue weighted by Gasteiger charge is -2.22. The Bertz CT molecular complexity index is 377. The molecule has 0 radical (unpaired) electrons. The number of halogens is 2. The number of benzene rings is 1. The van der Waals surface area contributed by atoms with Gasteiger partial charge >= 0.3 is 0 Å². The molecular weight excluding hydrogens is 260 g/mol. The minimum Gasteiger partial charge on any atom is -0.377 e. The van der Waals surface area contributed by atoms with E-state index in [1.807, 2.05) is 0 Å². The Morgan fingerprint density at radius 1 is 1.10 bits per heavy atom. The maximum absolute atomic E-state index is 13.8. The summed E-state index contributed by atoms with van der Waals surface area (Å²) in [4.78, 5) is 0. The SMILES string of the molecule is FC(F)(CNCCOC1CCCCC1)c1ccccc1. The van der Waals surface area contributed by atoms with E-state index in [2.05, 4.69) is 5.32 Å². The van der Waals surface area contributed by atoms with Crippen molar-refractivity contribution in [2.45, 2.75) is 44.1 Å². The summed E-state index contributed by atoms with van der Waals surface area (Å²) in [5, 5.41) is 2.79. The lowest BCUT2D eigenvalue weighted by Crippen LogP contribution is -2.33. The number of hydrogen-bond acceptors (Lipinski definition) is 2. The molecule has 1 aliphatic rings. The molecule has 0 atom stereocenters. The predicted molar refractivity (Wildman–Crippen MR) is 76.0 cm³/mol. The molecule has 2 rings (SSSR count). The molecule has 0 amide bonds. The van der Waals surface area contributed by atoms with Gasteiger partial charge in [0.1, 0.15) is 0 Å². The Morgan fingerprint density at radius 3 is 2.50 bits per heavy atom. The first-order valence-electron chi connectivity index (χ1n) is 7.44. The molecule has 4 heteroatoms. The quantitative estimate of drug-likeness (QED) is 0.770. The van der Waals surface area contributed by atoms with Crippen LogP contribution in [0.25, 0.3) is 0 Å². The van der Waals surface area contributed by atoms with E-state index < -0.39 is 5.92 Å². The first kappa shape index (κ1) is 15.4. The van der Waals surface area contributed by atoms with E-state index in [4.69, 9.17) is 4.74 Å². The lowest BCUT2D eigenvalue weighted by molar-refractivity contribution is -0.00885. The van der Waals surface area contributed by atoms with E-state index in [0.717, 1.165) is 12.8 Å². The highest BCUT2D eigenvalue weighted by atomic mass is 19.3. The van der Waals surface area contributed by atoms with Crippen LogP contribution in [0.4, 0.5) is 8.78 Å². The minimum absolute atomic E-state index is 0.0562. The second kappa shape index (κ2) is 7.70. The van der Waals surface area contributed by atoms with Crippen molar-refractivity contribution in [1.82, 2.24) is 5.32 Å². The van der Waals surface area contributed by atoms with Gasteiger partial charge in [-0.25, -0.2) is 0 Å². The van der Waals surface area contributed by atoms with Gasteiger partial charge in [-0.2, -0.15) is 8.78 Å². The van der Waals surface area contributed by atoms with E-state index in [1.54, 1.807) is 18.2 Å². The Kier molecular flexibility index (Phi) is 5.92. The third-order valence-corrected chi connectivity index (χ3v) is 3.73. The highest BCUT2D eigenvalue weighted by molar-refractivity contribution is 5.20. The summed E-state index contributed by atoms with van der Waals surface area (Å²) in [5.41, 5.74) is 0.0562. The van der Waals surface area contributed by atoms with E-state index in [-0.39, 0.29) is 12.1 Å². The van der Waals surface area contributed by atoms with Gasteiger partial charge in [-0.15, -0.1) is 0 Å². The molecule has 20 heavy (non-hydrogen) atoms. The molecule has 112 valence electrons. The second-order valence-electron chi connectivity index (χ2n) is 5.38. The van der Waals surface area contributed by atoms with Crippen LogP contribution < -0.4 is 5.32 Å². The maximum atomic E-state index is 13.8. The van der Waals surface area contributed by atoms with Gasteiger partial charge in [-0.3, -0.25) is 0 Å². The highest BCUT2D eigenvalue weighted by Gasteiger charge is 2.30. The minimum atomic E-state index is -2.83. The molecule has 0 unspecified atom stereocenters. The van der Waals surface area contributed by atoms with Crippen molar-refractivity contribution in [3.8, 4) is 0 Å². The van der Waals surface area contributed by atoms with E-state index in [9.17, 15) is 8.78 Å². The van der Waals surface area contributed by atoms with Crippen LogP contribution in [-0.2, 0) is 10.7 Å². The van der Waals surface area contributed by atoms with Gasteiger partial charge in [0.05, 0.1) is 19.3 Å². The van der Waals surface area contributed by atoms with Crippen LogP contribution in [0, 0.1) is 0 Å². The first-order valence-corrected chi connectivity index (χ1v) is 7.44. The van der Waals surface area contributed by atoms with Crippen LogP contribution in [0.2, 0.25) is 0 Å². The van der Waals surface area contributed by atoms with Gasteiger partial charge in [0, 0.05) is 12.1 Å². The zero-order valence-corrected chi connectivity index (χ0v) is 11.8. The van der Waals surface area contributed by atoms with Crippen LogP contribution in [-0.4, -0.2) is 25.8 Å². The molecule has 0 spiro atoms. The molecule has 0 saturated heterocycles. The number of ether oxygens (including phenoxy) is 1. The third kappa shape index (κ3) is 4.84. The number of alkyl halides is 2. The topological polar surface area (TPSA) is 21.3 Å². The molecule has 0 aromatic heterocycles. The summed E-state index contributed by atoms with van der Waals surface area (Å²) in [6.07, 6.45) is 6.30. The van der Waals surface area contributed by atoms with Crippen molar-refractivity contribution in [2.75, 3.05) is 19.7 Å². The van der Waals surface area contributed by atoms with Crippen molar-refractivity contribution < 1.29 is 13.5 Å². The van der Waals surface area contributed by atoms with Gasteiger partial charge in [-0.05, 0) is 12.8 Å². The molecule has 0 heterocycles. The van der Waals surface area contributed by atoms with Crippen LogP contribution in [0.5, 0.6) is 0 Å². The summed E-state index contributed by atoms with van der Waals surface area (Å²) in [5.74, 6) is -2.83. The molecule has 1 aliphatic carbocycles. The fourth-order valence-corrected chi connectivity index (χ4v) is 2.56. The molecule has 0 bridgehead atoms. The monoisotopic (exact) mass is 283 g/mol. The molecule has 1 saturated carbocycles. The first-order chi connectivity index (χ1) is 9.68. The van der Waals surface area contributed by atoms with Crippen LogP contribution in [0.1, 0.15) is 37.7 Å². The molecule has 1 N–H and O–H groups in total. The Balaban J connectivity index is 1.62. The molecule has 2 nitrogen and oxygen atoms in total. The fourth-order valence-electron chi connectivity index (χ4n) is 2.56. The largest absolute Gasteiger partial charge is 0.377 e. The molecule has 1 fully saturated rings. The van der Waals surface area contributed by atoms with Gasteiger partial charge < -0.3 is 10.1 Å². The van der Waals surface area contributed by atoms with Crippen molar-refractivity contribution in [3.63, 3.8) is 0 Å². The summed E-state index contributed by atoms with van der Waals surface area (Å²) >= 11 is 0. The van der Waals surface area contributed by atoms with Gasteiger partial charge in [-0.1, -0.05) is 49.6 Å². The zero-order chi connectivity index (χ0) is 14.3. The molecule has 1 aromatic rings. The Morgan fingerprint density at radius 2 is 1.80 bits per heavy atom. The Hall–Kier alpha value is -1.00. The Labute approximate surface area is 119 Å². The standard InChI is InChI=1S/C16H23F2NO/c17-16(18,14-7-3-1-4-8-14)13-19-11-12-20-15-9-5-2-6-10-15/h1,3-4,7-8,15,19H,2,5-6,9-13H2. The maximum Gasteiger partial charge on any atom is 0.285 e. The fraction of sp³-hybridized carbons (Fsp3) is 0.625. The highest BCUT2D eigenvalue weighted by Crippen LogP contribution is 2.26. The summed E-state index contributed by atoms with van der Waals surface area (Å²) in [6.45, 7) is 0.638. The van der Waals surface area contributed by atoms with Crippen molar-refractivity contribution in [3.05, 3.63) is 35.9 Å². The zero-order valence-electron chi connectivity index (χ0n) is 11.8. The lowest BCUT2D eigenvalue weighted by atomic mass is 9.98. The predicted octanol–water partition coefficient (Wildman–Crippen LogP) is 3.72. The number of nitrogens with one attached hydrogen (secondary N) is 1. The smallest absolute Gasteiger partial charge is 0.285 e.